The van der Waals surface area contributed by atoms with Gasteiger partial charge in [0.25, 0.3) is 0 Å². The van der Waals surface area contributed by atoms with Gasteiger partial charge in [-0.2, -0.15) is 4.31 Å². The van der Waals surface area contributed by atoms with Gasteiger partial charge in [0, 0.05) is 24.3 Å². The van der Waals surface area contributed by atoms with Gasteiger partial charge in [-0.1, -0.05) is 0 Å². The Morgan fingerprint density at radius 2 is 1.48 bits per heavy atom. The number of ketones is 1. The van der Waals surface area contributed by atoms with Crippen molar-refractivity contribution in [2.24, 2.45) is 0 Å². The molecule has 1 aliphatic rings. The SMILES string of the molecule is CC(OC(=O)c1ccc(S(=O)(=O)N2CCOCC2)cc1)C(=O)c1ccc(NS(C)(=O)=O)cc1. The van der Waals surface area contributed by atoms with E-state index >= 15 is 0 Å². The van der Waals surface area contributed by atoms with Crippen LogP contribution >= 0.6 is 0 Å². The summed E-state index contributed by atoms with van der Waals surface area (Å²) in [5, 5.41) is 0. The predicted octanol–water partition coefficient (Wildman–Crippen LogP) is 1.51. The molecule has 12 heteroatoms. The van der Waals surface area contributed by atoms with Gasteiger partial charge in [0.05, 0.1) is 29.9 Å². The summed E-state index contributed by atoms with van der Waals surface area (Å²) in [7, 11) is -7.13. The molecule has 33 heavy (non-hydrogen) atoms. The summed E-state index contributed by atoms with van der Waals surface area (Å²) in [5.41, 5.74) is 0.635. The molecule has 1 heterocycles. The summed E-state index contributed by atoms with van der Waals surface area (Å²) in [4.78, 5) is 25.0. The monoisotopic (exact) mass is 496 g/mol. The molecule has 1 unspecified atom stereocenters. The summed E-state index contributed by atoms with van der Waals surface area (Å²) in [5.74, 6) is -1.25. The van der Waals surface area contributed by atoms with E-state index in [1.165, 1.54) is 59.8 Å². The molecule has 1 fully saturated rings. The average Bonchev–Trinajstić information content (AvgIpc) is 2.78. The van der Waals surface area contributed by atoms with Crippen molar-refractivity contribution >= 4 is 37.5 Å². The van der Waals surface area contributed by atoms with Crippen LogP contribution in [0.4, 0.5) is 5.69 Å². The molecule has 1 N–H and O–H groups in total. The predicted molar refractivity (Wildman–Crippen MR) is 120 cm³/mol. The summed E-state index contributed by atoms with van der Waals surface area (Å²) in [6.45, 7) is 2.59. The quantitative estimate of drug-likeness (QED) is 0.429. The van der Waals surface area contributed by atoms with E-state index in [9.17, 15) is 26.4 Å². The molecule has 1 atom stereocenters. The fraction of sp³-hybridized carbons (Fsp3) is 0.333. The van der Waals surface area contributed by atoms with Gasteiger partial charge in [-0.25, -0.2) is 21.6 Å². The van der Waals surface area contributed by atoms with Gasteiger partial charge in [0.2, 0.25) is 25.8 Å². The van der Waals surface area contributed by atoms with Crippen molar-refractivity contribution in [1.82, 2.24) is 4.31 Å². The van der Waals surface area contributed by atoms with Crippen LogP contribution in [-0.4, -0.2) is 71.6 Å². The maximum atomic E-state index is 12.7. The third kappa shape index (κ3) is 6.38. The highest BCUT2D eigenvalue weighted by Gasteiger charge is 2.27. The smallest absolute Gasteiger partial charge is 0.338 e. The lowest BCUT2D eigenvalue weighted by atomic mass is 10.1. The molecule has 0 spiro atoms. The Balaban J connectivity index is 1.64. The Morgan fingerprint density at radius 3 is 2.03 bits per heavy atom. The molecule has 10 nitrogen and oxygen atoms in total. The largest absolute Gasteiger partial charge is 0.451 e. The van der Waals surface area contributed by atoms with Crippen LogP contribution in [0.2, 0.25) is 0 Å². The minimum atomic E-state index is -3.69. The fourth-order valence-electron chi connectivity index (χ4n) is 3.13. The first-order valence-corrected chi connectivity index (χ1v) is 13.3. The molecule has 1 aliphatic heterocycles. The van der Waals surface area contributed by atoms with E-state index in [2.05, 4.69) is 4.72 Å². The summed E-state index contributed by atoms with van der Waals surface area (Å²) < 4.78 is 61.9. The summed E-state index contributed by atoms with van der Waals surface area (Å²) in [6, 6.07) is 11.0. The Labute approximate surface area is 192 Å². The number of nitrogens with zero attached hydrogens (tertiary/aromatic N) is 1. The Hall–Kier alpha value is -2.80. The molecule has 3 rings (SSSR count). The molecule has 178 valence electrons. The summed E-state index contributed by atoms with van der Waals surface area (Å²) in [6.07, 6.45) is -0.0963. The van der Waals surface area contributed by atoms with Crippen molar-refractivity contribution in [3.05, 3.63) is 59.7 Å². The van der Waals surface area contributed by atoms with Gasteiger partial charge in [0.15, 0.2) is 6.10 Å². The number of carbonyl (C=O) groups excluding carboxylic acids is 2. The van der Waals surface area contributed by atoms with Crippen molar-refractivity contribution in [1.29, 1.82) is 0 Å². The second-order valence-corrected chi connectivity index (χ2v) is 11.1. The maximum absolute atomic E-state index is 12.7. The van der Waals surface area contributed by atoms with Gasteiger partial charge < -0.3 is 9.47 Å². The van der Waals surface area contributed by atoms with Crippen LogP contribution in [0.1, 0.15) is 27.6 Å². The molecule has 0 saturated carbocycles. The van der Waals surface area contributed by atoms with E-state index < -0.39 is 37.9 Å². The maximum Gasteiger partial charge on any atom is 0.338 e. The van der Waals surface area contributed by atoms with Gasteiger partial charge in [-0.3, -0.25) is 9.52 Å². The first-order valence-electron chi connectivity index (χ1n) is 9.98. The van der Waals surface area contributed by atoms with Crippen molar-refractivity contribution in [3.63, 3.8) is 0 Å². The standard InChI is InChI=1S/C21H24N2O8S2/c1-15(20(24)16-3-7-18(8-4-16)22-32(2,26)27)31-21(25)17-5-9-19(10-6-17)33(28,29)23-11-13-30-14-12-23/h3-10,15,22H,11-14H2,1-2H3. The molecule has 1 saturated heterocycles. The topological polar surface area (TPSA) is 136 Å². The van der Waals surface area contributed by atoms with Crippen LogP contribution in [0.5, 0.6) is 0 Å². The van der Waals surface area contributed by atoms with Crippen LogP contribution in [-0.2, 0) is 29.5 Å². The number of anilines is 1. The zero-order valence-corrected chi connectivity index (χ0v) is 19.7. The molecule has 2 aromatic rings. The second-order valence-electron chi connectivity index (χ2n) is 7.40. The highest BCUT2D eigenvalue weighted by Crippen LogP contribution is 2.19. The molecule has 0 aromatic heterocycles. The van der Waals surface area contributed by atoms with Crippen molar-refractivity contribution in [3.8, 4) is 0 Å². The van der Waals surface area contributed by atoms with Crippen LogP contribution < -0.4 is 4.72 Å². The molecule has 0 aliphatic carbocycles. The number of morpholine rings is 1. The highest BCUT2D eigenvalue weighted by atomic mass is 32.2. The first kappa shape index (κ1) is 24.8. The molecule has 0 radical (unpaired) electrons. The highest BCUT2D eigenvalue weighted by molar-refractivity contribution is 7.92. The van der Waals surface area contributed by atoms with Gasteiger partial charge in [-0.05, 0) is 55.5 Å². The van der Waals surface area contributed by atoms with Crippen molar-refractivity contribution in [2.75, 3.05) is 37.3 Å². The zero-order valence-electron chi connectivity index (χ0n) is 18.1. The first-order chi connectivity index (χ1) is 15.5. The molecule has 0 amide bonds. The Kier molecular flexibility index (Phi) is 7.52. The third-order valence-corrected chi connectivity index (χ3v) is 7.34. The lowest BCUT2D eigenvalue weighted by molar-refractivity contribution is 0.0318. The number of carbonyl (C=O) groups is 2. The van der Waals surface area contributed by atoms with Crippen LogP contribution in [0, 0.1) is 0 Å². The number of ether oxygens (including phenoxy) is 2. The van der Waals surface area contributed by atoms with Gasteiger partial charge >= 0.3 is 5.97 Å². The Morgan fingerprint density at radius 1 is 0.939 bits per heavy atom. The van der Waals surface area contributed by atoms with E-state index in [0.29, 0.717) is 18.9 Å². The number of sulfonamides is 2. The minimum Gasteiger partial charge on any atom is -0.451 e. The number of rotatable bonds is 8. The molecule has 2 aromatic carbocycles. The van der Waals surface area contributed by atoms with E-state index in [-0.39, 0.29) is 29.1 Å². The zero-order chi connectivity index (χ0) is 24.2. The number of hydrogen-bond acceptors (Lipinski definition) is 8. The molecular weight excluding hydrogens is 472 g/mol. The number of hydrogen-bond donors (Lipinski definition) is 1. The van der Waals surface area contributed by atoms with Crippen LogP contribution in [0.15, 0.2) is 53.4 Å². The average molecular weight is 497 g/mol. The van der Waals surface area contributed by atoms with E-state index in [4.69, 9.17) is 9.47 Å². The lowest BCUT2D eigenvalue weighted by Crippen LogP contribution is -2.40. The van der Waals surface area contributed by atoms with Crippen molar-refractivity contribution < 1.29 is 35.9 Å². The third-order valence-electron chi connectivity index (χ3n) is 4.82. The number of nitrogens with one attached hydrogen (secondary N) is 1. The van der Waals surface area contributed by atoms with E-state index in [0.717, 1.165) is 6.26 Å². The molecule has 0 bridgehead atoms. The van der Waals surface area contributed by atoms with Gasteiger partial charge in [-0.15, -0.1) is 0 Å². The second kappa shape index (κ2) is 10.00. The minimum absolute atomic E-state index is 0.0490. The van der Waals surface area contributed by atoms with E-state index in [1.54, 1.807) is 0 Å². The number of esters is 1. The fourth-order valence-corrected chi connectivity index (χ4v) is 5.10. The van der Waals surface area contributed by atoms with Gasteiger partial charge in [0.1, 0.15) is 0 Å². The molecular formula is C21H24N2O8S2. The number of Topliss-reactive ketones (excluding diaryl/α,β-unsaturated/α-hetero) is 1. The summed E-state index contributed by atoms with van der Waals surface area (Å²) >= 11 is 0. The Bertz CT molecular complexity index is 1220. The number of benzene rings is 2. The normalized spacial score (nSPS) is 16.1. The van der Waals surface area contributed by atoms with Crippen LogP contribution in [0.25, 0.3) is 0 Å². The van der Waals surface area contributed by atoms with E-state index in [1.807, 2.05) is 0 Å². The van der Waals surface area contributed by atoms with Crippen LogP contribution in [0.3, 0.4) is 0 Å². The lowest BCUT2D eigenvalue weighted by Gasteiger charge is -2.26. The van der Waals surface area contributed by atoms with Crippen molar-refractivity contribution in [2.45, 2.75) is 17.9 Å².